The van der Waals surface area contributed by atoms with Crippen LogP contribution in [0.2, 0.25) is 0 Å². The Morgan fingerprint density at radius 1 is 1.32 bits per heavy atom. The van der Waals surface area contributed by atoms with Crippen molar-refractivity contribution in [1.82, 2.24) is 4.98 Å². The van der Waals surface area contributed by atoms with E-state index in [2.05, 4.69) is 4.98 Å². The minimum Gasteiger partial charge on any atom is -0.399 e. The maximum Gasteiger partial charge on any atom is 0.237 e. The molecule has 2 rings (SSSR count). The van der Waals surface area contributed by atoms with Gasteiger partial charge in [0, 0.05) is 17.1 Å². The van der Waals surface area contributed by atoms with Gasteiger partial charge in [-0.2, -0.15) is 0 Å². The van der Waals surface area contributed by atoms with E-state index in [9.17, 15) is 4.79 Å². The molecule has 0 unspecified atom stereocenters. The summed E-state index contributed by atoms with van der Waals surface area (Å²) in [5.74, 6) is 0.374. The van der Waals surface area contributed by atoms with E-state index in [-0.39, 0.29) is 18.5 Å². The van der Waals surface area contributed by atoms with Crippen molar-refractivity contribution in [1.29, 1.82) is 0 Å². The number of nitrogens with two attached hydrogens (primary N) is 2. The summed E-state index contributed by atoms with van der Waals surface area (Å²) >= 11 is 0. The summed E-state index contributed by atoms with van der Waals surface area (Å²) in [4.78, 5) is 17.6. The number of hydrogen-bond acceptors (Lipinski definition) is 4. The molecule has 0 spiro atoms. The molecule has 4 N–H and O–H groups in total. The average molecular weight is 258 g/mol. The summed E-state index contributed by atoms with van der Waals surface area (Å²) in [5, 5.41) is 0.978. The molecular weight excluding hydrogens is 240 g/mol. The third-order valence-electron chi connectivity index (χ3n) is 2.94. The Balaban J connectivity index is 2.43. The van der Waals surface area contributed by atoms with E-state index in [1.807, 2.05) is 49.1 Å². The van der Waals surface area contributed by atoms with Gasteiger partial charge in [0.05, 0.1) is 12.1 Å². The first-order valence-corrected chi connectivity index (χ1v) is 6.18. The molecule has 5 heteroatoms. The third kappa shape index (κ3) is 2.93. The van der Waals surface area contributed by atoms with Gasteiger partial charge in [-0.3, -0.25) is 4.79 Å². The highest BCUT2D eigenvalue weighted by Gasteiger charge is 2.14. The number of primary amides is 1. The molecule has 0 aliphatic heterocycles. The van der Waals surface area contributed by atoms with Gasteiger partial charge >= 0.3 is 0 Å². The SMILES string of the molecule is CC(C)N(CC(N)=O)c1ccc2cc(N)ccc2n1. The van der Waals surface area contributed by atoms with Crippen LogP contribution in [-0.2, 0) is 4.79 Å². The number of benzene rings is 1. The van der Waals surface area contributed by atoms with E-state index in [1.165, 1.54) is 0 Å². The van der Waals surface area contributed by atoms with Gasteiger partial charge in [-0.25, -0.2) is 4.98 Å². The number of pyridine rings is 1. The number of fused-ring (bicyclic) bond motifs is 1. The molecule has 100 valence electrons. The van der Waals surface area contributed by atoms with Crippen LogP contribution in [0.1, 0.15) is 13.8 Å². The Morgan fingerprint density at radius 3 is 2.68 bits per heavy atom. The van der Waals surface area contributed by atoms with E-state index in [1.54, 1.807) is 0 Å². The molecule has 1 amide bonds. The Bertz CT molecular complexity index is 609. The van der Waals surface area contributed by atoms with Gasteiger partial charge in [-0.15, -0.1) is 0 Å². The van der Waals surface area contributed by atoms with Crippen LogP contribution in [0.15, 0.2) is 30.3 Å². The zero-order valence-corrected chi connectivity index (χ0v) is 11.1. The van der Waals surface area contributed by atoms with E-state index >= 15 is 0 Å². The molecule has 2 aromatic rings. The Kier molecular flexibility index (Phi) is 3.55. The van der Waals surface area contributed by atoms with Crippen molar-refractivity contribution in [2.45, 2.75) is 19.9 Å². The first kappa shape index (κ1) is 13.1. The number of nitrogen functional groups attached to an aromatic ring is 1. The van der Waals surface area contributed by atoms with Crippen LogP contribution in [0, 0.1) is 0 Å². The molecule has 1 aromatic carbocycles. The molecule has 0 saturated carbocycles. The van der Waals surface area contributed by atoms with Gasteiger partial charge < -0.3 is 16.4 Å². The number of hydrogen-bond donors (Lipinski definition) is 2. The highest BCUT2D eigenvalue weighted by Crippen LogP contribution is 2.21. The molecule has 5 nitrogen and oxygen atoms in total. The van der Waals surface area contributed by atoms with Crippen LogP contribution in [-0.4, -0.2) is 23.5 Å². The van der Waals surface area contributed by atoms with Crippen LogP contribution >= 0.6 is 0 Å². The third-order valence-corrected chi connectivity index (χ3v) is 2.94. The van der Waals surface area contributed by atoms with Crippen LogP contribution in [0.3, 0.4) is 0 Å². The van der Waals surface area contributed by atoms with Crippen molar-refractivity contribution in [3.05, 3.63) is 30.3 Å². The van der Waals surface area contributed by atoms with Crippen LogP contribution in [0.4, 0.5) is 11.5 Å². The number of anilines is 2. The molecule has 0 aliphatic rings. The lowest BCUT2D eigenvalue weighted by Gasteiger charge is -2.26. The van der Waals surface area contributed by atoms with Gasteiger partial charge in [-0.05, 0) is 44.2 Å². The van der Waals surface area contributed by atoms with E-state index in [0.717, 1.165) is 16.7 Å². The smallest absolute Gasteiger partial charge is 0.237 e. The number of amides is 1. The summed E-state index contributed by atoms with van der Waals surface area (Å²) in [6.07, 6.45) is 0. The monoisotopic (exact) mass is 258 g/mol. The highest BCUT2D eigenvalue weighted by atomic mass is 16.1. The van der Waals surface area contributed by atoms with Gasteiger partial charge in [0.25, 0.3) is 0 Å². The molecule has 0 bridgehead atoms. The quantitative estimate of drug-likeness (QED) is 0.814. The van der Waals surface area contributed by atoms with Crippen LogP contribution < -0.4 is 16.4 Å². The van der Waals surface area contributed by atoms with Crippen molar-refractivity contribution < 1.29 is 4.79 Å². The van der Waals surface area contributed by atoms with E-state index in [4.69, 9.17) is 11.5 Å². The number of nitrogens with zero attached hydrogens (tertiary/aromatic N) is 2. The molecule has 0 fully saturated rings. The fourth-order valence-electron chi connectivity index (χ4n) is 1.99. The molecule has 0 saturated heterocycles. The molecule has 0 radical (unpaired) electrons. The lowest BCUT2D eigenvalue weighted by Crippen LogP contribution is -2.39. The fourth-order valence-corrected chi connectivity index (χ4v) is 1.99. The predicted octanol–water partition coefficient (Wildman–Crippen LogP) is 1.52. The van der Waals surface area contributed by atoms with Crippen molar-refractivity contribution in [3.8, 4) is 0 Å². The van der Waals surface area contributed by atoms with E-state index < -0.39 is 0 Å². The van der Waals surface area contributed by atoms with Gasteiger partial charge in [0.1, 0.15) is 5.82 Å². The number of carbonyl (C=O) groups is 1. The summed E-state index contributed by atoms with van der Waals surface area (Å²) < 4.78 is 0. The van der Waals surface area contributed by atoms with Crippen molar-refractivity contribution >= 4 is 28.3 Å². The summed E-state index contributed by atoms with van der Waals surface area (Å²) in [5.41, 5.74) is 12.6. The van der Waals surface area contributed by atoms with Crippen molar-refractivity contribution in [2.75, 3.05) is 17.2 Å². The zero-order valence-electron chi connectivity index (χ0n) is 11.1. The summed E-state index contributed by atoms with van der Waals surface area (Å²) in [6, 6.07) is 9.53. The maximum absolute atomic E-state index is 11.1. The lowest BCUT2D eigenvalue weighted by atomic mass is 10.2. The first-order valence-electron chi connectivity index (χ1n) is 6.18. The van der Waals surface area contributed by atoms with E-state index in [0.29, 0.717) is 5.69 Å². The minimum absolute atomic E-state index is 0.145. The molecule has 19 heavy (non-hydrogen) atoms. The average Bonchev–Trinajstić information content (AvgIpc) is 2.35. The van der Waals surface area contributed by atoms with Crippen LogP contribution in [0.5, 0.6) is 0 Å². The Morgan fingerprint density at radius 2 is 2.05 bits per heavy atom. The van der Waals surface area contributed by atoms with Crippen LogP contribution in [0.25, 0.3) is 10.9 Å². The van der Waals surface area contributed by atoms with Gasteiger partial charge in [-0.1, -0.05) is 0 Å². The van der Waals surface area contributed by atoms with Gasteiger partial charge in [0.15, 0.2) is 0 Å². The fraction of sp³-hybridized carbons (Fsp3) is 0.286. The Hall–Kier alpha value is -2.30. The first-order chi connectivity index (χ1) is 8.97. The normalized spacial score (nSPS) is 10.9. The molecular formula is C14H18N4O. The highest BCUT2D eigenvalue weighted by molar-refractivity contribution is 5.84. The molecule has 1 aromatic heterocycles. The summed E-state index contributed by atoms with van der Waals surface area (Å²) in [7, 11) is 0. The number of aromatic nitrogens is 1. The number of rotatable bonds is 4. The predicted molar refractivity (Wildman–Crippen MR) is 77.8 cm³/mol. The standard InChI is InChI=1S/C14H18N4O/c1-9(2)18(8-13(16)19)14-6-3-10-7-11(15)4-5-12(10)17-14/h3-7,9H,8,15H2,1-2H3,(H2,16,19). The second-order valence-corrected chi connectivity index (χ2v) is 4.81. The maximum atomic E-state index is 11.1. The molecule has 0 atom stereocenters. The largest absolute Gasteiger partial charge is 0.399 e. The minimum atomic E-state index is -0.368. The number of carbonyl (C=O) groups excluding carboxylic acids is 1. The second-order valence-electron chi connectivity index (χ2n) is 4.81. The van der Waals surface area contributed by atoms with Crippen molar-refractivity contribution in [2.24, 2.45) is 5.73 Å². The van der Waals surface area contributed by atoms with Gasteiger partial charge in [0.2, 0.25) is 5.91 Å². The Labute approximate surface area is 112 Å². The lowest BCUT2D eigenvalue weighted by molar-refractivity contribution is -0.116. The molecule has 0 aliphatic carbocycles. The second kappa shape index (κ2) is 5.14. The van der Waals surface area contributed by atoms with Crippen molar-refractivity contribution in [3.63, 3.8) is 0 Å². The topological polar surface area (TPSA) is 85.2 Å². The zero-order chi connectivity index (χ0) is 14.0. The molecule has 1 heterocycles. The summed E-state index contributed by atoms with van der Waals surface area (Å²) in [6.45, 7) is 4.15.